The molecule has 23 heavy (non-hydrogen) atoms. The van der Waals surface area contributed by atoms with E-state index in [0.29, 0.717) is 19.6 Å². The highest BCUT2D eigenvalue weighted by atomic mass is 16.7. The summed E-state index contributed by atoms with van der Waals surface area (Å²) in [4.78, 5) is 14.5. The van der Waals surface area contributed by atoms with Crippen molar-refractivity contribution in [2.75, 3.05) is 33.6 Å². The first kappa shape index (κ1) is 14.8. The van der Waals surface area contributed by atoms with Crippen molar-refractivity contribution in [1.29, 1.82) is 0 Å². The number of carbonyl (C=O) groups is 1. The fraction of sp³-hybridized carbons (Fsp3) is 0.588. The second kappa shape index (κ2) is 5.69. The Hall–Kier alpha value is -1.79. The summed E-state index contributed by atoms with van der Waals surface area (Å²) in [5, 5.41) is 0. The first-order chi connectivity index (χ1) is 11.2. The predicted octanol–water partition coefficient (Wildman–Crippen LogP) is 1.36. The fourth-order valence-corrected chi connectivity index (χ4v) is 3.63. The number of rotatable bonds is 3. The van der Waals surface area contributed by atoms with Crippen molar-refractivity contribution in [2.24, 2.45) is 0 Å². The highest BCUT2D eigenvalue weighted by molar-refractivity contribution is 5.79. The van der Waals surface area contributed by atoms with Gasteiger partial charge in [-0.2, -0.15) is 0 Å². The Bertz CT molecular complexity index is 619. The average Bonchev–Trinajstić information content (AvgIpc) is 3.27. The van der Waals surface area contributed by atoms with Crippen LogP contribution in [0.1, 0.15) is 18.4 Å². The van der Waals surface area contributed by atoms with E-state index in [1.165, 1.54) is 0 Å². The summed E-state index contributed by atoms with van der Waals surface area (Å²) in [6.45, 7) is 2.29. The molecule has 2 saturated heterocycles. The van der Waals surface area contributed by atoms with Crippen LogP contribution in [0.25, 0.3) is 0 Å². The Morgan fingerprint density at radius 3 is 3.09 bits per heavy atom. The zero-order valence-electron chi connectivity index (χ0n) is 13.2. The van der Waals surface area contributed by atoms with Crippen LogP contribution in [0.2, 0.25) is 0 Å². The maximum atomic E-state index is 12.6. The van der Waals surface area contributed by atoms with Crippen LogP contribution >= 0.6 is 0 Å². The number of carbonyl (C=O) groups excluding carboxylic acids is 1. The molecule has 2 fully saturated rings. The van der Waals surface area contributed by atoms with E-state index in [1.54, 1.807) is 7.11 Å². The smallest absolute Gasteiger partial charge is 0.231 e. The Balaban J connectivity index is 1.39. The zero-order valence-corrected chi connectivity index (χ0v) is 13.2. The van der Waals surface area contributed by atoms with Crippen LogP contribution in [0.4, 0.5) is 0 Å². The number of hydrogen-bond acceptors (Lipinski definition) is 5. The molecular formula is C17H21NO5. The molecule has 6 nitrogen and oxygen atoms in total. The maximum Gasteiger partial charge on any atom is 0.231 e. The van der Waals surface area contributed by atoms with E-state index in [1.807, 2.05) is 23.1 Å². The third kappa shape index (κ3) is 2.77. The summed E-state index contributed by atoms with van der Waals surface area (Å²) in [7, 11) is 1.71. The van der Waals surface area contributed by atoms with Crippen molar-refractivity contribution < 1.29 is 23.7 Å². The molecular weight excluding hydrogens is 298 g/mol. The Morgan fingerprint density at radius 2 is 2.26 bits per heavy atom. The van der Waals surface area contributed by atoms with Gasteiger partial charge in [0.2, 0.25) is 12.7 Å². The second-order valence-corrected chi connectivity index (χ2v) is 6.49. The molecule has 3 aliphatic heterocycles. The van der Waals surface area contributed by atoms with Gasteiger partial charge in [0.05, 0.1) is 24.7 Å². The normalized spacial score (nSPS) is 28.7. The monoisotopic (exact) mass is 319 g/mol. The van der Waals surface area contributed by atoms with Crippen LogP contribution in [-0.4, -0.2) is 56.1 Å². The third-order valence-corrected chi connectivity index (χ3v) is 4.97. The van der Waals surface area contributed by atoms with E-state index >= 15 is 0 Å². The van der Waals surface area contributed by atoms with Crippen LogP contribution in [0, 0.1) is 0 Å². The molecule has 1 spiro atoms. The van der Waals surface area contributed by atoms with E-state index in [-0.39, 0.29) is 24.4 Å². The van der Waals surface area contributed by atoms with Crippen molar-refractivity contribution in [2.45, 2.75) is 31.0 Å². The maximum absolute atomic E-state index is 12.6. The lowest BCUT2D eigenvalue weighted by Gasteiger charge is -2.23. The van der Waals surface area contributed by atoms with Gasteiger partial charge in [-0.3, -0.25) is 4.79 Å². The number of benzene rings is 1. The summed E-state index contributed by atoms with van der Waals surface area (Å²) < 4.78 is 22.0. The molecule has 0 bridgehead atoms. The lowest BCUT2D eigenvalue weighted by atomic mass is 9.98. The molecule has 124 valence electrons. The highest BCUT2D eigenvalue weighted by Crippen LogP contribution is 2.37. The Morgan fingerprint density at radius 1 is 1.39 bits per heavy atom. The summed E-state index contributed by atoms with van der Waals surface area (Å²) in [6.07, 6.45) is 2.29. The number of hydrogen-bond donors (Lipinski definition) is 0. The first-order valence-electron chi connectivity index (χ1n) is 8.00. The molecule has 0 radical (unpaired) electrons. The number of ether oxygens (including phenoxy) is 4. The van der Waals surface area contributed by atoms with Crippen LogP contribution in [-0.2, 0) is 20.7 Å². The molecule has 4 rings (SSSR count). The lowest BCUT2D eigenvalue weighted by molar-refractivity contribution is -0.130. The standard InChI is InChI=1S/C17H21NO5/c1-20-13-8-17(23-9-13)4-5-18(10-17)16(19)7-12-2-3-14-15(6-12)22-11-21-14/h2-3,6,13H,4-5,7-11H2,1H3/t13-,17-/m0/s1. The van der Waals surface area contributed by atoms with Gasteiger partial charge in [-0.1, -0.05) is 6.07 Å². The molecule has 3 heterocycles. The van der Waals surface area contributed by atoms with Crippen LogP contribution in [0.15, 0.2) is 18.2 Å². The molecule has 2 atom stereocenters. The summed E-state index contributed by atoms with van der Waals surface area (Å²) in [5.74, 6) is 1.59. The lowest BCUT2D eigenvalue weighted by Crippen LogP contribution is -2.36. The Kier molecular flexibility index (Phi) is 3.66. The minimum absolute atomic E-state index is 0.130. The van der Waals surface area contributed by atoms with Crippen molar-refractivity contribution in [1.82, 2.24) is 4.90 Å². The molecule has 0 saturated carbocycles. The van der Waals surface area contributed by atoms with Gasteiger partial charge in [0.25, 0.3) is 0 Å². The topological polar surface area (TPSA) is 57.2 Å². The fourth-order valence-electron chi connectivity index (χ4n) is 3.63. The molecule has 0 aromatic heterocycles. The van der Waals surface area contributed by atoms with Crippen LogP contribution in [0.3, 0.4) is 0 Å². The van der Waals surface area contributed by atoms with Gasteiger partial charge in [-0.15, -0.1) is 0 Å². The van der Waals surface area contributed by atoms with E-state index in [0.717, 1.165) is 36.4 Å². The summed E-state index contributed by atoms with van der Waals surface area (Å²) >= 11 is 0. The first-order valence-corrected chi connectivity index (χ1v) is 8.00. The van der Waals surface area contributed by atoms with Gasteiger partial charge in [-0.25, -0.2) is 0 Å². The molecule has 0 N–H and O–H groups in total. The number of nitrogens with zero attached hydrogens (tertiary/aromatic N) is 1. The molecule has 1 amide bonds. The number of methoxy groups -OCH3 is 1. The molecule has 1 aromatic rings. The zero-order chi connectivity index (χ0) is 15.9. The molecule has 0 aliphatic carbocycles. The van der Waals surface area contributed by atoms with E-state index < -0.39 is 0 Å². The van der Waals surface area contributed by atoms with Gasteiger partial charge in [0, 0.05) is 26.6 Å². The van der Waals surface area contributed by atoms with E-state index in [4.69, 9.17) is 18.9 Å². The van der Waals surface area contributed by atoms with Gasteiger partial charge < -0.3 is 23.8 Å². The minimum Gasteiger partial charge on any atom is -0.454 e. The van der Waals surface area contributed by atoms with Crippen molar-refractivity contribution >= 4 is 5.91 Å². The largest absolute Gasteiger partial charge is 0.454 e. The van der Waals surface area contributed by atoms with Gasteiger partial charge in [0.1, 0.15) is 0 Å². The molecule has 3 aliphatic rings. The Labute approximate surface area is 135 Å². The highest BCUT2D eigenvalue weighted by Gasteiger charge is 2.46. The van der Waals surface area contributed by atoms with Crippen molar-refractivity contribution in [3.05, 3.63) is 23.8 Å². The SMILES string of the molecule is CO[C@@H]1CO[C@@]2(CCN(C(=O)Cc3ccc4c(c3)OCO4)C2)C1. The van der Waals surface area contributed by atoms with Crippen LogP contribution in [0.5, 0.6) is 11.5 Å². The molecule has 1 aromatic carbocycles. The van der Waals surface area contributed by atoms with Gasteiger partial charge in [-0.05, 0) is 24.1 Å². The van der Waals surface area contributed by atoms with Gasteiger partial charge >= 0.3 is 0 Å². The number of fused-ring (bicyclic) bond motifs is 1. The summed E-state index contributed by atoms with van der Waals surface area (Å²) in [5.41, 5.74) is 0.743. The number of likely N-dealkylation sites (tertiary alicyclic amines) is 1. The van der Waals surface area contributed by atoms with E-state index in [2.05, 4.69) is 0 Å². The van der Waals surface area contributed by atoms with Crippen molar-refractivity contribution in [3.63, 3.8) is 0 Å². The van der Waals surface area contributed by atoms with Gasteiger partial charge in [0.15, 0.2) is 11.5 Å². The van der Waals surface area contributed by atoms with Crippen LogP contribution < -0.4 is 9.47 Å². The van der Waals surface area contributed by atoms with Crippen molar-refractivity contribution in [3.8, 4) is 11.5 Å². The van der Waals surface area contributed by atoms with E-state index in [9.17, 15) is 4.79 Å². The summed E-state index contributed by atoms with van der Waals surface area (Å²) in [6, 6.07) is 5.67. The predicted molar refractivity (Wildman–Crippen MR) is 81.6 cm³/mol. The minimum atomic E-state index is -0.203. The molecule has 0 unspecified atom stereocenters. The average molecular weight is 319 g/mol. The molecule has 6 heteroatoms. The quantitative estimate of drug-likeness (QED) is 0.842. The third-order valence-electron chi connectivity index (χ3n) is 4.97. The second-order valence-electron chi connectivity index (χ2n) is 6.49. The number of amides is 1.